The molecule has 0 saturated carbocycles. The number of hydrogen-bond acceptors (Lipinski definition) is 3. The summed E-state index contributed by atoms with van der Waals surface area (Å²) in [7, 11) is 0. The average Bonchev–Trinajstić information content (AvgIpc) is 2.62. The lowest BCUT2D eigenvalue weighted by Crippen LogP contribution is -2.23. The fourth-order valence-corrected chi connectivity index (χ4v) is 2.63. The molecule has 154 valence electrons. The van der Waals surface area contributed by atoms with Crippen molar-refractivity contribution >= 4 is 46.4 Å². The molecule has 0 spiro atoms. The Morgan fingerprint density at radius 2 is 1.69 bits per heavy atom. The maximum atomic E-state index is 12.9. The van der Waals surface area contributed by atoms with Gasteiger partial charge in [0.15, 0.2) is 0 Å². The number of hydrogen-bond donors (Lipinski definition) is 2. The Bertz CT molecular complexity index is 929. The highest BCUT2D eigenvalue weighted by molar-refractivity contribution is 6.31. The molecular weight excluding hydrogens is 430 g/mol. The van der Waals surface area contributed by atoms with E-state index in [1.54, 1.807) is 24.3 Å². The van der Waals surface area contributed by atoms with Crippen LogP contribution in [0.15, 0.2) is 47.6 Å². The molecule has 0 heterocycles. The van der Waals surface area contributed by atoms with E-state index in [0.29, 0.717) is 5.02 Å². The van der Waals surface area contributed by atoms with Gasteiger partial charge < -0.3 is 5.32 Å². The second-order valence-corrected chi connectivity index (χ2v) is 6.95. The van der Waals surface area contributed by atoms with E-state index in [4.69, 9.17) is 23.2 Å². The minimum Gasteiger partial charge on any atom is -0.326 e. The predicted molar refractivity (Wildman–Crippen MR) is 106 cm³/mol. The third-order valence-corrected chi connectivity index (χ3v) is 4.20. The van der Waals surface area contributed by atoms with Crippen LogP contribution >= 0.6 is 23.2 Å². The lowest BCUT2D eigenvalue weighted by Gasteiger charge is -2.11. The first-order valence-corrected chi connectivity index (χ1v) is 9.03. The van der Waals surface area contributed by atoms with E-state index in [2.05, 4.69) is 15.8 Å². The molecule has 0 aromatic heterocycles. The van der Waals surface area contributed by atoms with Crippen molar-refractivity contribution in [1.29, 1.82) is 0 Å². The Morgan fingerprint density at radius 1 is 1.03 bits per heavy atom. The number of rotatable bonds is 6. The molecule has 29 heavy (non-hydrogen) atoms. The van der Waals surface area contributed by atoms with Crippen molar-refractivity contribution in [3.8, 4) is 0 Å². The topological polar surface area (TPSA) is 70.6 Å². The van der Waals surface area contributed by atoms with Crippen LogP contribution in [0.1, 0.15) is 24.5 Å². The number of carbonyl (C=O) groups excluding carboxylic acids is 2. The van der Waals surface area contributed by atoms with E-state index in [1.165, 1.54) is 13.0 Å². The van der Waals surface area contributed by atoms with Crippen LogP contribution in [-0.4, -0.2) is 17.5 Å². The van der Waals surface area contributed by atoms with Crippen LogP contribution in [0.4, 0.5) is 18.9 Å². The third-order valence-electron chi connectivity index (χ3n) is 3.62. The summed E-state index contributed by atoms with van der Waals surface area (Å²) in [5, 5.41) is 6.25. The Balaban J connectivity index is 1.89. The standard InChI is InChI=1S/C19H16Cl2F3N3O2/c1-11(26-27-18(29)9-12-2-4-13(20)5-3-12)8-17(28)25-14-6-7-16(21)15(10-14)19(22,23)24/h2-7,10H,8-9H2,1H3,(H,25,28)(H,27,29)/b26-11+. The Labute approximate surface area is 174 Å². The molecule has 2 rings (SSSR count). The van der Waals surface area contributed by atoms with Crippen molar-refractivity contribution in [3.63, 3.8) is 0 Å². The smallest absolute Gasteiger partial charge is 0.326 e. The van der Waals surface area contributed by atoms with Crippen molar-refractivity contribution in [2.45, 2.75) is 25.9 Å². The van der Waals surface area contributed by atoms with Crippen molar-refractivity contribution in [2.75, 3.05) is 5.32 Å². The van der Waals surface area contributed by atoms with E-state index in [-0.39, 0.29) is 30.1 Å². The highest BCUT2D eigenvalue weighted by Gasteiger charge is 2.33. The van der Waals surface area contributed by atoms with Crippen LogP contribution in [0, 0.1) is 0 Å². The van der Waals surface area contributed by atoms with Gasteiger partial charge in [-0.25, -0.2) is 5.43 Å². The number of benzene rings is 2. The molecule has 0 atom stereocenters. The summed E-state index contributed by atoms with van der Waals surface area (Å²) in [6.45, 7) is 1.51. The van der Waals surface area contributed by atoms with E-state index in [0.717, 1.165) is 17.7 Å². The molecule has 0 unspecified atom stereocenters. The molecule has 2 amide bonds. The highest BCUT2D eigenvalue weighted by atomic mass is 35.5. The highest BCUT2D eigenvalue weighted by Crippen LogP contribution is 2.36. The molecule has 2 N–H and O–H groups in total. The van der Waals surface area contributed by atoms with E-state index < -0.39 is 22.7 Å². The molecule has 0 saturated heterocycles. The van der Waals surface area contributed by atoms with Crippen LogP contribution in [0.3, 0.4) is 0 Å². The fourth-order valence-electron chi connectivity index (χ4n) is 2.28. The predicted octanol–water partition coefficient (Wildman–Crippen LogP) is 5.08. The minimum atomic E-state index is -4.64. The van der Waals surface area contributed by atoms with Gasteiger partial charge in [-0.15, -0.1) is 0 Å². The molecule has 0 radical (unpaired) electrons. The zero-order chi connectivity index (χ0) is 21.6. The summed E-state index contributed by atoms with van der Waals surface area (Å²) in [5.41, 5.74) is 2.24. The van der Waals surface area contributed by atoms with Gasteiger partial charge in [-0.2, -0.15) is 18.3 Å². The Hall–Kier alpha value is -2.58. The van der Waals surface area contributed by atoms with Gasteiger partial charge in [0.1, 0.15) is 0 Å². The van der Waals surface area contributed by atoms with E-state index in [9.17, 15) is 22.8 Å². The van der Waals surface area contributed by atoms with Crippen LogP contribution in [0.25, 0.3) is 0 Å². The van der Waals surface area contributed by atoms with Gasteiger partial charge >= 0.3 is 6.18 Å². The van der Waals surface area contributed by atoms with Crippen LogP contribution in [-0.2, 0) is 22.2 Å². The first-order valence-electron chi connectivity index (χ1n) is 8.27. The fraction of sp³-hybridized carbons (Fsp3) is 0.211. The van der Waals surface area contributed by atoms with E-state index in [1.807, 2.05) is 0 Å². The maximum Gasteiger partial charge on any atom is 0.417 e. The van der Waals surface area contributed by atoms with Crippen LogP contribution in [0.5, 0.6) is 0 Å². The largest absolute Gasteiger partial charge is 0.417 e. The van der Waals surface area contributed by atoms with Crippen LogP contribution in [0.2, 0.25) is 10.0 Å². The molecule has 0 fully saturated rings. The van der Waals surface area contributed by atoms with Gasteiger partial charge in [0.25, 0.3) is 0 Å². The van der Waals surface area contributed by atoms with Gasteiger partial charge in [0, 0.05) is 16.4 Å². The molecule has 2 aromatic carbocycles. The second-order valence-electron chi connectivity index (χ2n) is 6.10. The summed E-state index contributed by atoms with van der Waals surface area (Å²) in [4.78, 5) is 23.9. The zero-order valence-electron chi connectivity index (χ0n) is 15.1. The lowest BCUT2D eigenvalue weighted by molar-refractivity contribution is -0.137. The normalized spacial score (nSPS) is 11.9. The number of hydrazone groups is 1. The summed E-state index contributed by atoms with van der Waals surface area (Å²) >= 11 is 11.3. The molecule has 0 aliphatic rings. The first kappa shape index (κ1) is 22.7. The summed E-state index contributed by atoms with van der Waals surface area (Å²) in [6.07, 6.45) is -4.78. The Kier molecular flexibility index (Phi) is 7.64. The Morgan fingerprint density at radius 3 is 2.31 bits per heavy atom. The number of carbonyl (C=O) groups is 2. The molecule has 0 aliphatic heterocycles. The third kappa shape index (κ3) is 7.40. The van der Waals surface area contributed by atoms with Crippen molar-refractivity contribution in [2.24, 2.45) is 5.10 Å². The molecule has 5 nitrogen and oxygen atoms in total. The average molecular weight is 446 g/mol. The summed E-state index contributed by atoms with van der Waals surface area (Å²) < 4.78 is 38.6. The number of anilines is 1. The first-order chi connectivity index (χ1) is 13.5. The van der Waals surface area contributed by atoms with Gasteiger partial charge in [-0.3, -0.25) is 9.59 Å². The zero-order valence-corrected chi connectivity index (χ0v) is 16.6. The quantitative estimate of drug-likeness (QED) is 0.480. The van der Waals surface area contributed by atoms with E-state index >= 15 is 0 Å². The summed E-state index contributed by atoms with van der Waals surface area (Å²) in [6, 6.07) is 9.78. The molecule has 10 heteroatoms. The van der Waals surface area contributed by atoms with Crippen LogP contribution < -0.4 is 10.7 Å². The minimum absolute atomic E-state index is 0.0497. The maximum absolute atomic E-state index is 12.9. The number of alkyl halides is 3. The SMILES string of the molecule is C/C(CC(=O)Nc1ccc(Cl)c(C(F)(F)F)c1)=N\NC(=O)Cc1ccc(Cl)cc1. The van der Waals surface area contributed by atoms with Crippen molar-refractivity contribution in [1.82, 2.24) is 5.43 Å². The van der Waals surface area contributed by atoms with Crippen molar-refractivity contribution < 1.29 is 22.8 Å². The van der Waals surface area contributed by atoms with Gasteiger partial charge in [0.05, 0.1) is 23.4 Å². The van der Waals surface area contributed by atoms with Gasteiger partial charge in [-0.05, 0) is 42.8 Å². The second kappa shape index (κ2) is 9.76. The lowest BCUT2D eigenvalue weighted by atomic mass is 10.1. The van der Waals surface area contributed by atoms with Gasteiger partial charge in [0.2, 0.25) is 11.8 Å². The molecule has 0 bridgehead atoms. The number of nitrogens with zero attached hydrogens (tertiary/aromatic N) is 1. The van der Waals surface area contributed by atoms with Gasteiger partial charge in [-0.1, -0.05) is 35.3 Å². The monoisotopic (exact) mass is 445 g/mol. The van der Waals surface area contributed by atoms with Crippen molar-refractivity contribution in [3.05, 3.63) is 63.6 Å². The number of amides is 2. The molecule has 2 aromatic rings. The molecular formula is C19H16Cl2F3N3O2. The molecule has 0 aliphatic carbocycles. The summed E-state index contributed by atoms with van der Waals surface area (Å²) in [5.74, 6) is -0.978. The number of nitrogens with one attached hydrogen (secondary N) is 2. The number of halogens is 5.